The first-order valence-corrected chi connectivity index (χ1v) is 3.10. The highest BCUT2D eigenvalue weighted by Gasteiger charge is 2.22. The molecule has 0 amide bonds. The number of hydrogen-bond donors (Lipinski definition) is 0. The SMILES string of the molecule is CC1Cc2cn[c]nc21. The maximum Gasteiger partial charge on any atom is 0.197 e. The van der Waals surface area contributed by atoms with Crippen LogP contribution in [-0.4, -0.2) is 9.97 Å². The van der Waals surface area contributed by atoms with Crippen molar-refractivity contribution in [3.63, 3.8) is 0 Å². The third-order valence-corrected chi connectivity index (χ3v) is 1.77. The van der Waals surface area contributed by atoms with Crippen LogP contribution in [0.1, 0.15) is 24.1 Å². The summed E-state index contributed by atoms with van der Waals surface area (Å²) in [6.45, 7) is 2.17. The zero-order valence-electron chi connectivity index (χ0n) is 5.26. The Morgan fingerprint density at radius 1 is 1.78 bits per heavy atom. The largest absolute Gasteiger partial charge is 0.233 e. The molecule has 0 saturated carbocycles. The molecule has 45 valence electrons. The molecule has 0 aliphatic heterocycles. The van der Waals surface area contributed by atoms with Gasteiger partial charge in [-0.3, -0.25) is 0 Å². The summed E-state index contributed by atoms with van der Waals surface area (Å²) in [4.78, 5) is 7.81. The molecule has 0 aromatic carbocycles. The van der Waals surface area contributed by atoms with Crippen LogP contribution in [0.3, 0.4) is 0 Å². The van der Waals surface area contributed by atoms with E-state index in [1.165, 1.54) is 11.3 Å². The lowest BCUT2D eigenvalue weighted by Crippen LogP contribution is -2.16. The van der Waals surface area contributed by atoms with Gasteiger partial charge in [-0.25, -0.2) is 9.97 Å². The molecule has 1 heterocycles. The smallest absolute Gasteiger partial charge is 0.197 e. The highest BCUT2D eigenvalue weighted by atomic mass is 14.8. The fourth-order valence-electron chi connectivity index (χ4n) is 1.21. The average molecular weight is 119 g/mol. The maximum atomic E-state index is 4.01. The number of rotatable bonds is 0. The van der Waals surface area contributed by atoms with E-state index >= 15 is 0 Å². The average Bonchev–Trinajstić information content (AvgIpc) is 1.86. The molecular formula is C7H7N2. The highest BCUT2D eigenvalue weighted by Crippen LogP contribution is 2.30. The van der Waals surface area contributed by atoms with Gasteiger partial charge in [-0.1, -0.05) is 6.92 Å². The fourth-order valence-corrected chi connectivity index (χ4v) is 1.21. The molecule has 0 spiro atoms. The van der Waals surface area contributed by atoms with Crippen LogP contribution in [0, 0.1) is 6.33 Å². The quantitative estimate of drug-likeness (QED) is 0.508. The molecule has 0 N–H and O–H groups in total. The van der Waals surface area contributed by atoms with E-state index in [1.54, 1.807) is 0 Å². The molecule has 1 atom stereocenters. The molecule has 0 fully saturated rings. The Hall–Kier alpha value is -0.920. The summed E-state index contributed by atoms with van der Waals surface area (Å²) in [7, 11) is 0. The molecule has 1 aromatic heterocycles. The van der Waals surface area contributed by atoms with Crippen molar-refractivity contribution in [2.75, 3.05) is 0 Å². The molecular weight excluding hydrogens is 112 g/mol. The van der Waals surface area contributed by atoms with Gasteiger partial charge in [0.1, 0.15) is 0 Å². The third kappa shape index (κ3) is 0.559. The number of fused-ring (bicyclic) bond motifs is 1. The molecule has 9 heavy (non-hydrogen) atoms. The lowest BCUT2D eigenvalue weighted by atomic mass is 9.85. The van der Waals surface area contributed by atoms with Gasteiger partial charge in [-0.15, -0.1) is 0 Å². The molecule has 1 unspecified atom stereocenters. The van der Waals surface area contributed by atoms with Gasteiger partial charge >= 0.3 is 0 Å². The van der Waals surface area contributed by atoms with Gasteiger partial charge in [0.25, 0.3) is 0 Å². The molecule has 1 radical (unpaired) electrons. The Morgan fingerprint density at radius 2 is 2.67 bits per heavy atom. The first-order chi connectivity index (χ1) is 4.38. The van der Waals surface area contributed by atoms with Gasteiger partial charge in [-0.05, 0) is 12.0 Å². The molecule has 0 saturated heterocycles. The second kappa shape index (κ2) is 1.53. The van der Waals surface area contributed by atoms with Crippen LogP contribution in [-0.2, 0) is 6.42 Å². The van der Waals surface area contributed by atoms with Crippen molar-refractivity contribution in [2.24, 2.45) is 0 Å². The monoisotopic (exact) mass is 119 g/mol. The van der Waals surface area contributed by atoms with Gasteiger partial charge in [0.2, 0.25) is 0 Å². The Labute approximate surface area is 54.0 Å². The molecule has 2 rings (SSSR count). The van der Waals surface area contributed by atoms with Crippen molar-refractivity contribution in [1.29, 1.82) is 0 Å². The second-order valence-electron chi connectivity index (χ2n) is 2.49. The van der Waals surface area contributed by atoms with Crippen LogP contribution in [0.4, 0.5) is 0 Å². The van der Waals surface area contributed by atoms with Crippen molar-refractivity contribution >= 4 is 0 Å². The second-order valence-corrected chi connectivity index (χ2v) is 2.49. The lowest BCUT2D eigenvalue weighted by Gasteiger charge is -2.23. The van der Waals surface area contributed by atoms with Crippen molar-refractivity contribution in [3.8, 4) is 0 Å². The van der Waals surface area contributed by atoms with E-state index in [9.17, 15) is 0 Å². The topological polar surface area (TPSA) is 25.8 Å². The van der Waals surface area contributed by atoms with E-state index in [0.29, 0.717) is 5.92 Å². The van der Waals surface area contributed by atoms with Gasteiger partial charge in [-0.2, -0.15) is 0 Å². The minimum Gasteiger partial charge on any atom is -0.233 e. The maximum absolute atomic E-state index is 4.01. The van der Waals surface area contributed by atoms with Crippen LogP contribution < -0.4 is 0 Å². The van der Waals surface area contributed by atoms with Crippen LogP contribution >= 0.6 is 0 Å². The summed E-state index contributed by atoms with van der Waals surface area (Å²) >= 11 is 0. The molecule has 1 aliphatic rings. The zero-order chi connectivity index (χ0) is 6.27. The first-order valence-electron chi connectivity index (χ1n) is 3.10. The molecule has 1 aromatic rings. The minimum absolute atomic E-state index is 0.638. The van der Waals surface area contributed by atoms with Gasteiger partial charge in [0, 0.05) is 12.1 Å². The third-order valence-electron chi connectivity index (χ3n) is 1.77. The normalized spacial score (nSPS) is 22.6. The van der Waals surface area contributed by atoms with Crippen molar-refractivity contribution in [1.82, 2.24) is 9.97 Å². The van der Waals surface area contributed by atoms with Gasteiger partial charge in [0.15, 0.2) is 6.33 Å². The molecule has 1 aliphatic carbocycles. The summed E-state index contributed by atoms with van der Waals surface area (Å²) in [5.74, 6) is 0.638. The van der Waals surface area contributed by atoms with Crippen molar-refractivity contribution < 1.29 is 0 Å². The van der Waals surface area contributed by atoms with E-state index in [4.69, 9.17) is 0 Å². The Bertz CT molecular complexity index is 232. The molecule has 2 nitrogen and oxygen atoms in total. The molecule has 2 heteroatoms. The van der Waals surface area contributed by atoms with Crippen molar-refractivity contribution in [2.45, 2.75) is 19.3 Å². The summed E-state index contributed by atoms with van der Waals surface area (Å²) in [6.07, 6.45) is 5.58. The Kier molecular flexibility index (Phi) is 0.835. The van der Waals surface area contributed by atoms with E-state index in [2.05, 4.69) is 23.2 Å². The fraction of sp³-hybridized carbons (Fsp3) is 0.429. The summed E-state index contributed by atoms with van der Waals surface area (Å²) < 4.78 is 0. The van der Waals surface area contributed by atoms with E-state index in [0.717, 1.165) is 6.42 Å². The van der Waals surface area contributed by atoms with Crippen LogP contribution in [0.15, 0.2) is 6.20 Å². The van der Waals surface area contributed by atoms with Crippen molar-refractivity contribution in [3.05, 3.63) is 23.8 Å². The lowest BCUT2D eigenvalue weighted by molar-refractivity contribution is 0.625. The van der Waals surface area contributed by atoms with Gasteiger partial charge < -0.3 is 0 Å². The first kappa shape index (κ1) is 4.91. The minimum atomic E-state index is 0.638. The predicted molar refractivity (Wildman–Crippen MR) is 33.0 cm³/mol. The van der Waals surface area contributed by atoms with Gasteiger partial charge in [0.05, 0.1) is 5.69 Å². The number of hydrogen-bond acceptors (Lipinski definition) is 2. The predicted octanol–water partition coefficient (Wildman–Crippen LogP) is 0.936. The van der Waals surface area contributed by atoms with E-state index in [1.807, 2.05) is 6.20 Å². The van der Waals surface area contributed by atoms with E-state index in [-0.39, 0.29) is 0 Å². The number of nitrogens with zero attached hydrogens (tertiary/aromatic N) is 2. The number of aromatic nitrogens is 2. The standard InChI is InChI=1S/C7H7N2/c1-5-2-6-3-8-4-9-7(5)6/h3,5H,2H2,1H3. The molecule has 0 bridgehead atoms. The van der Waals surface area contributed by atoms with Crippen LogP contribution in [0.2, 0.25) is 0 Å². The Balaban J connectivity index is 2.51. The summed E-state index contributed by atoms with van der Waals surface area (Å²) in [5, 5.41) is 0. The highest BCUT2D eigenvalue weighted by molar-refractivity contribution is 5.30. The van der Waals surface area contributed by atoms with Crippen LogP contribution in [0.25, 0.3) is 0 Å². The van der Waals surface area contributed by atoms with Crippen LogP contribution in [0.5, 0.6) is 0 Å². The Morgan fingerprint density at radius 3 is 3.22 bits per heavy atom. The zero-order valence-corrected chi connectivity index (χ0v) is 5.26. The summed E-state index contributed by atoms with van der Waals surface area (Å²) in [5.41, 5.74) is 2.48. The summed E-state index contributed by atoms with van der Waals surface area (Å²) in [6, 6.07) is 0. The van der Waals surface area contributed by atoms with E-state index < -0.39 is 0 Å².